The van der Waals surface area contributed by atoms with Crippen LogP contribution in [0.25, 0.3) is 0 Å². The molecular formula is C14H21NOS. The van der Waals surface area contributed by atoms with E-state index in [4.69, 9.17) is 4.74 Å². The van der Waals surface area contributed by atoms with Crippen molar-refractivity contribution in [3.05, 3.63) is 35.4 Å². The van der Waals surface area contributed by atoms with Crippen molar-refractivity contribution < 1.29 is 4.74 Å². The Morgan fingerprint density at radius 3 is 2.94 bits per heavy atom. The lowest BCUT2D eigenvalue weighted by Gasteiger charge is -2.16. The lowest BCUT2D eigenvalue weighted by atomic mass is 10.1. The molecular weight excluding hydrogens is 230 g/mol. The Kier molecular flexibility index (Phi) is 4.89. The molecule has 1 aliphatic heterocycles. The van der Waals surface area contributed by atoms with E-state index < -0.39 is 0 Å². The summed E-state index contributed by atoms with van der Waals surface area (Å²) in [6.45, 7) is 3.99. The van der Waals surface area contributed by atoms with Gasteiger partial charge in [0.25, 0.3) is 0 Å². The highest BCUT2D eigenvalue weighted by Gasteiger charge is 2.23. The Morgan fingerprint density at radius 1 is 1.41 bits per heavy atom. The average Bonchev–Trinajstić information content (AvgIpc) is 2.73. The van der Waals surface area contributed by atoms with Crippen LogP contribution < -0.4 is 5.32 Å². The van der Waals surface area contributed by atoms with Crippen molar-refractivity contribution >= 4 is 11.8 Å². The fraction of sp³-hybridized carbons (Fsp3) is 0.571. The molecule has 1 saturated heterocycles. The van der Waals surface area contributed by atoms with E-state index in [-0.39, 0.29) is 0 Å². The molecule has 0 spiro atoms. The maximum atomic E-state index is 5.55. The van der Waals surface area contributed by atoms with Gasteiger partial charge in [-0.15, -0.1) is 0 Å². The first kappa shape index (κ1) is 12.9. The molecule has 1 aromatic carbocycles. The Labute approximate surface area is 108 Å². The van der Waals surface area contributed by atoms with Gasteiger partial charge in [0.2, 0.25) is 0 Å². The summed E-state index contributed by atoms with van der Waals surface area (Å²) in [4.78, 5) is 0. The fourth-order valence-corrected chi connectivity index (χ4v) is 2.76. The standard InChI is InChI=1S/C14H21NOS/c1-11-14(6-7-16-11)15-9-12-4-3-5-13(8-12)10-17-2/h3-5,8,11,14-15H,6-7,9-10H2,1-2H3/t11-,14-/m1/s1. The van der Waals surface area contributed by atoms with Crippen molar-refractivity contribution in [1.82, 2.24) is 5.32 Å². The molecule has 1 aliphatic rings. The predicted molar refractivity (Wildman–Crippen MR) is 74.3 cm³/mol. The lowest BCUT2D eigenvalue weighted by Crippen LogP contribution is -2.34. The molecule has 0 saturated carbocycles. The highest BCUT2D eigenvalue weighted by Crippen LogP contribution is 2.15. The number of ether oxygens (including phenoxy) is 1. The quantitative estimate of drug-likeness (QED) is 0.869. The molecule has 0 aromatic heterocycles. The van der Waals surface area contributed by atoms with Crippen LogP contribution in [0, 0.1) is 0 Å². The van der Waals surface area contributed by atoms with Gasteiger partial charge in [-0.2, -0.15) is 11.8 Å². The minimum atomic E-state index is 0.351. The number of benzene rings is 1. The molecule has 17 heavy (non-hydrogen) atoms. The summed E-state index contributed by atoms with van der Waals surface area (Å²) in [5, 5.41) is 3.59. The van der Waals surface area contributed by atoms with Gasteiger partial charge in [0.1, 0.15) is 0 Å². The zero-order valence-electron chi connectivity index (χ0n) is 10.6. The molecule has 0 unspecified atom stereocenters. The van der Waals surface area contributed by atoms with Gasteiger partial charge in [0.15, 0.2) is 0 Å². The van der Waals surface area contributed by atoms with Gasteiger partial charge in [0.05, 0.1) is 6.10 Å². The van der Waals surface area contributed by atoms with E-state index in [0.29, 0.717) is 12.1 Å². The van der Waals surface area contributed by atoms with Crippen LogP contribution in [0.4, 0.5) is 0 Å². The Hall–Kier alpha value is -0.510. The minimum absolute atomic E-state index is 0.351. The summed E-state index contributed by atoms with van der Waals surface area (Å²) in [5.41, 5.74) is 2.78. The third kappa shape index (κ3) is 3.73. The number of thioether (sulfide) groups is 1. The monoisotopic (exact) mass is 251 g/mol. The summed E-state index contributed by atoms with van der Waals surface area (Å²) in [5.74, 6) is 1.09. The average molecular weight is 251 g/mol. The summed E-state index contributed by atoms with van der Waals surface area (Å²) in [7, 11) is 0. The van der Waals surface area contributed by atoms with E-state index in [1.807, 2.05) is 11.8 Å². The molecule has 2 atom stereocenters. The van der Waals surface area contributed by atoms with E-state index in [2.05, 4.69) is 42.8 Å². The van der Waals surface area contributed by atoms with Gasteiger partial charge in [-0.05, 0) is 30.7 Å². The van der Waals surface area contributed by atoms with Crippen molar-refractivity contribution in [3.63, 3.8) is 0 Å². The first-order valence-corrected chi connectivity index (χ1v) is 7.60. The molecule has 1 fully saturated rings. The predicted octanol–water partition coefficient (Wildman–Crippen LogP) is 2.82. The minimum Gasteiger partial charge on any atom is -0.377 e. The molecule has 0 radical (unpaired) electrons. The highest BCUT2D eigenvalue weighted by atomic mass is 32.2. The lowest BCUT2D eigenvalue weighted by molar-refractivity contribution is 0.113. The van der Waals surface area contributed by atoms with Crippen LogP contribution in [0.3, 0.4) is 0 Å². The second-order valence-electron chi connectivity index (χ2n) is 4.60. The maximum Gasteiger partial charge on any atom is 0.0700 e. The maximum absolute atomic E-state index is 5.55. The van der Waals surface area contributed by atoms with E-state index in [1.165, 1.54) is 11.1 Å². The second-order valence-corrected chi connectivity index (χ2v) is 5.47. The van der Waals surface area contributed by atoms with Crippen LogP contribution in [0.15, 0.2) is 24.3 Å². The Balaban J connectivity index is 1.87. The van der Waals surface area contributed by atoms with Crippen LogP contribution in [0.2, 0.25) is 0 Å². The molecule has 0 bridgehead atoms. The van der Waals surface area contributed by atoms with E-state index in [0.717, 1.165) is 25.3 Å². The van der Waals surface area contributed by atoms with Crippen molar-refractivity contribution in [3.8, 4) is 0 Å². The van der Waals surface area contributed by atoms with E-state index in [9.17, 15) is 0 Å². The smallest absolute Gasteiger partial charge is 0.0700 e. The summed E-state index contributed by atoms with van der Waals surface area (Å²) in [6, 6.07) is 9.35. The van der Waals surface area contributed by atoms with Gasteiger partial charge < -0.3 is 10.1 Å². The fourth-order valence-electron chi connectivity index (χ4n) is 2.24. The SMILES string of the molecule is CSCc1cccc(CN[C@@H]2CCO[C@@H]2C)c1. The van der Waals surface area contributed by atoms with Crippen LogP contribution in [-0.4, -0.2) is 25.0 Å². The third-order valence-corrected chi connectivity index (χ3v) is 3.87. The molecule has 3 heteroatoms. The van der Waals surface area contributed by atoms with Crippen LogP contribution in [-0.2, 0) is 17.0 Å². The number of hydrogen-bond donors (Lipinski definition) is 1. The van der Waals surface area contributed by atoms with Crippen molar-refractivity contribution in [2.24, 2.45) is 0 Å². The highest BCUT2D eigenvalue weighted by molar-refractivity contribution is 7.97. The first-order chi connectivity index (χ1) is 8.29. The number of nitrogens with one attached hydrogen (secondary N) is 1. The molecule has 1 heterocycles. The largest absolute Gasteiger partial charge is 0.377 e. The molecule has 1 N–H and O–H groups in total. The summed E-state index contributed by atoms with van der Waals surface area (Å²) >= 11 is 1.87. The summed E-state index contributed by atoms with van der Waals surface area (Å²) in [6.07, 6.45) is 3.62. The summed E-state index contributed by atoms with van der Waals surface area (Å²) < 4.78 is 5.55. The molecule has 94 valence electrons. The Morgan fingerprint density at radius 2 is 2.24 bits per heavy atom. The van der Waals surface area contributed by atoms with E-state index >= 15 is 0 Å². The Bertz CT molecular complexity index is 356. The molecule has 2 nitrogen and oxygen atoms in total. The molecule has 2 rings (SSSR count). The third-order valence-electron chi connectivity index (χ3n) is 3.25. The van der Waals surface area contributed by atoms with Gasteiger partial charge in [-0.3, -0.25) is 0 Å². The topological polar surface area (TPSA) is 21.3 Å². The molecule has 0 amide bonds. The van der Waals surface area contributed by atoms with Crippen molar-refractivity contribution in [2.45, 2.75) is 37.8 Å². The van der Waals surface area contributed by atoms with Crippen LogP contribution in [0.5, 0.6) is 0 Å². The number of rotatable bonds is 5. The second kappa shape index (κ2) is 6.43. The van der Waals surface area contributed by atoms with Crippen molar-refractivity contribution in [2.75, 3.05) is 12.9 Å². The van der Waals surface area contributed by atoms with Gasteiger partial charge in [-0.1, -0.05) is 24.3 Å². The van der Waals surface area contributed by atoms with Crippen molar-refractivity contribution in [1.29, 1.82) is 0 Å². The van der Waals surface area contributed by atoms with Gasteiger partial charge in [-0.25, -0.2) is 0 Å². The molecule has 1 aromatic rings. The zero-order chi connectivity index (χ0) is 12.1. The van der Waals surface area contributed by atoms with Crippen LogP contribution >= 0.6 is 11.8 Å². The van der Waals surface area contributed by atoms with Gasteiger partial charge >= 0.3 is 0 Å². The van der Waals surface area contributed by atoms with Gasteiger partial charge in [0, 0.05) is 24.9 Å². The normalized spacial score (nSPS) is 24.1. The molecule has 0 aliphatic carbocycles. The first-order valence-electron chi connectivity index (χ1n) is 6.21. The van der Waals surface area contributed by atoms with E-state index in [1.54, 1.807) is 0 Å². The number of hydrogen-bond acceptors (Lipinski definition) is 3. The van der Waals surface area contributed by atoms with Crippen LogP contribution in [0.1, 0.15) is 24.5 Å². The zero-order valence-corrected chi connectivity index (χ0v) is 11.4.